The molecule has 11 heteroatoms. The normalized spacial score (nSPS) is 12.3. The van der Waals surface area contributed by atoms with Crippen LogP contribution in [0.5, 0.6) is 0 Å². The first-order valence-electron chi connectivity index (χ1n) is 9.43. The summed E-state index contributed by atoms with van der Waals surface area (Å²) < 4.78 is 8.51. The van der Waals surface area contributed by atoms with E-state index in [0.717, 1.165) is 16.8 Å². The number of aliphatic hydroxyl groups is 2. The van der Waals surface area contributed by atoms with Crippen LogP contribution < -0.4 is 5.32 Å². The SMILES string of the molecule is OC[C@H](O)COCn1cc(Cn2ncc3c(NCc4ccccc4)ncnc32)nn1. The lowest BCUT2D eigenvalue weighted by Crippen LogP contribution is -2.20. The molecule has 0 fully saturated rings. The summed E-state index contributed by atoms with van der Waals surface area (Å²) in [5.41, 5.74) is 2.53. The van der Waals surface area contributed by atoms with E-state index in [1.807, 2.05) is 30.3 Å². The minimum Gasteiger partial charge on any atom is -0.394 e. The summed E-state index contributed by atoms with van der Waals surface area (Å²) in [5, 5.41) is 34.8. The maximum absolute atomic E-state index is 9.29. The van der Waals surface area contributed by atoms with Gasteiger partial charge in [-0.2, -0.15) is 5.10 Å². The smallest absolute Gasteiger partial charge is 0.163 e. The second-order valence-corrected chi connectivity index (χ2v) is 6.69. The number of aromatic nitrogens is 7. The predicted octanol–water partition coefficient (Wildman–Crippen LogP) is 0.405. The quantitative estimate of drug-likeness (QED) is 0.339. The largest absolute Gasteiger partial charge is 0.394 e. The van der Waals surface area contributed by atoms with Crippen molar-refractivity contribution in [3.8, 4) is 0 Å². The highest BCUT2D eigenvalue weighted by atomic mass is 16.5. The molecule has 3 N–H and O–H groups in total. The lowest BCUT2D eigenvalue weighted by atomic mass is 10.2. The molecule has 11 nitrogen and oxygen atoms in total. The van der Waals surface area contributed by atoms with Crippen molar-refractivity contribution in [1.82, 2.24) is 34.7 Å². The van der Waals surface area contributed by atoms with Crippen LogP contribution in [0.4, 0.5) is 5.82 Å². The van der Waals surface area contributed by atoms with Gasteiger partial charge in [0.2, 0.25) is 0 Å². The summed E-state index contributed by atoms with van der Waals surface area (Å²) >= 11 is 0. The Kier molecular flexibility index (Phi) is 6.23. The Morgan fingerprint density at radius 2 is 2.03 bits per heavy atom. The van der Waals surface area contributed by atoms with E-state index >= 15 is 0 Å². The van der Waals surface area contributed by atoms with Gasteiger partial charge in [-0.25, -0.2) is 19.3 Å². The third-order valence-electron chi connectivity index (χ3n) is 4.38. The number of ether oxygens (including phenoxy) is 1. The highest BCUT2D eigenvalue weighted by Crippen LogP contribution is 2.19. The van der Waals surface area contributed by atoms with Gasteiger partial charge in [0, 0.05) is 6.54 Å². The first-order chi connectivity index (χ1) is 14.7. The van der Waals surface area contributed by atoms with Crippen molar-refractivity contribution in [1.29, 1.82) is 0 Å². The van der Waals surface area contributed by atoms with E-state index in [1.54, 1.807) is 17.1 Å². The molecular weight excluding hydrogens is 388 g/mol. The van der Waals surface area contributed by atoms with E-state index in [1.165, 1.54) is 11.0 Å². The van der Waals surface area contributed by atoms with Gasteiger partial charge in [0.05, 0.1) is 37.5 Å². The van der Waals surface area contributed by atoms with Crippen molar-refractivity contribution >= 4 is 16.9 Å². The molecule has 30 heavy (non-hydrogen) atoms. The van der Waals surface area contributed by atoms with Gasteiger partial charge in [-0.05, 0) is 5.56 Å². The molecule has 0 unspecified atom stereocenters. The summed E-state index contributed by atoms with van der Waals surface area (Å²) in [6.45, 7) is 0.833. The minimum absolute atomic E-state index is 0.0190. The maximum atomic E-state index is 9.29. The molecule has 0 saturated heterocycles. The Hall–Kier alpha value is -3.41. The number of anilines is 1. The van der Waals surface area contributed by atoms with Crippen molar-refractivity contribution in [3.05, 3.63) is 60.3 Å². The van der Waals surface area contributed by atoms with Gasteiger partial charge in [-0.3, -0.25) is 0 Å². The zero-order chi connectivity index (χ0) is 20.8. The second-order valence-electron chi connectivity index (χ2n) is 6.69. The lowest BCUT2D eigenvalue weighted by Gasteiger charge is -2.07. The number of aliphatic hydroxyl groups excluding tert-OH is 2. The van der Waals surface area contributed by atoms with Crippen molar-refractivity contribution in [2.45, 2.75) is 25.9 Å². The Labute approximate surface area is 172 Å². The van der Waals surface area contributed by atoms with E-state index in [2.05, 4.69) is 30.7 Å². The molecule has 1 aromatic carbocycles. The molecule has 0 aliphatic rings. The Bertz CT molecular complexity index is 1080. The van der Waals surface area contributed by atoms with E-state index in [0.29, 0.717) is 24.4 Å². The van der Waals surface area contributed by atoms with E-state index in [-0.39, 0.29) is 19.9 Å². The summed E-state index contributed by atoms with van der Waals surface area (Å²) in [4.78, 5) is 8.70. The van der Waals surface area contributed by atoms with Gasteiger partial charge >= 0.3 is 0 Å². The number of hydrogen-bond acceptors (Lipinski definition) is 9. The second kappa shape index (κ2) is 9.39. The number of hydrogen-bond donors (Lipinski definition) is 3. The zero-order valence-electron chi connectivity index (χ0n) is 16.2. The van der Waals surface area contributed by atoms with Crippen molar-refractivity contribution in [2.75, 3.05) is 18.5 Å². The van der Waals surface area contributed by atoms with Crippen LogP contribution in [0.15, 0.2) is 49.1 Å². The topological polar surface area (TPSA) is 136 Å². The minimum atomic E-state index is -0.909. The van der Waals surface area contributed by atoms with Gasteiger partial charge in [-0.15, -0.1) is 5.10 Å². The van der Waals surface area contributed by atoms with E-state index < -0.39 is 6.10 Å². The van der Waals surface area contributed by atoms with Crippen molar-refractivity contribution in [2.24, 2.45) is 0 Å². The van der Waals surface area contributed by atoms with Crippen LogP contribution in [0, 0.1) is 0 Å². The van der Waals surface area contributed by atoms with Gasteiger partial charge < -0.3 is 20.3 Å². The van der Waals surface area contributed by atoms with Crippen LogP contribution >= 0.6 is 0 Å². The molecule has 0 spiro atoms. The number of fused-ring (bicyclic) bond motifs is 1. The summed E-state index contributed by atoms with van der Waals surface area (Å²) in [6, 6.07) is 10.1. The molecule has 0 saturated carbocycles. The highest BCUT2D eigenvalue weighted by Gasteiger charge is 2.12. The third-order valence-corrected chi connectivity index (χ3v) is 4.38. The molecular formula is C19H22N8O3. The fraction of sp³-hybridized carbons (Fsp3) is 0.316. The molecule has 0 radical (unpaired) electrons. The molecule has 156 valence electrons. The lowest BCUT2D eigenvalue weighted by molar-refractivity contribution is -0.0209. The number of rotatable bonds is 10. The molecule has 3 heterocycles. The van der Waals surface area contributed by atoms with Crippen molar-refractivity contribution in [3.63, 3.8) is 0 Å². The van der Waals surface area contributed by atoms with Gasteiger partial charge in [0.1, 0.15) is 30.7 Å². The van der Waals surface area contributed by atoms with Crippen LogP contribution in [-0.2, 0) is 24.6 Å². The molecule has 0 amide bonds. The van der Waals surface area contributed by atoms with Crippen LogP contribution in [0.25, 0.3) is 11.0 Å². The molecule has 3 aromatic heterocycles. The monoisotopic (exact) mass is 410 g/mol. The summed E-state index contributed by atoms with van der Waals surface area (Å²) in [6.07, 6.45) is 4.05. The Morgan fingerprint density at radius 1 is 1.17 bits per heavy atom. The Morgan fingerprint density at radius 3 is 2.87 bits per heavy atom. The molecule has 0 bridgehead atoms. The van der Waals surface area contributed by atoms with Crippen LogP contribution in [0.3, 0.4) is 0 Å². The predicted molar refractivity (Wildman–Crippen MR) is 107 cm³/mol. The Balaban J connectivity index is 1.42. The summed E-state index contributed by atoms with van der Waals surface area (Å²) in [7, 11) is 0. The van der Waals surface area contributed by atoms with Gasteiger partial charge in [-0.1, -0.05) is 35.5 Å². The highest BCUT2D eigenvalue weighted by molar-refractivity contribution is 5.86. The van der Waals surface area contributed by atoms with E-state index in [9.17, 15) is 5.11 Å². The maximum Gasteiger partial charge on any atom is 0.163 e. The molecule has 1 atom stereocenters. The van der Waals surface area contributed by atoms with Gasteiger partial charge in [0.25, 0.3) is 0 Å². The fourth-order valence-electron chi connectivity index (χ4n) is 2.89. The fourth-order valence-corrected chi connectivity index (χ4v) is 2.89. The molecule has 4 aromatic rings. The zero-order valence-corrected chi connectivity index (χ0v) is 16.2. The molecule has 0 aliphatic heterocycles. The first-order valence-corrected chi connectivity index (χ1v) is 9.43. The number of nitrogens with one attached hydrogen (secondary N) is 1. The average Bonchev–Trinajstić information content (AvgIpc) is 3.40. The molecule has 4 rings (SSSR count). The third kappa shape index (κ3) is 4.76. The van der Waals surface area contributed by atoms with Crippen LogP contribution in [0.1, 0.15) is 11.3 Å². The van der Waals surface area contributed by atoms with Crippen LogP contribution in [0.2, 0.25) is 0 Å². The standard InChI is InChI=1S/C19H22N8O3/c28-10-16(29)11-30-13-26-8-15(24-25-26)9-27-19-17(7-23-27)18(21-12-22-19)20-6-14-4-2-1-3-5-14/h1-5,7-8,12,16,28-29H,6,9-11,13H2,(H,20,21,22)/t16-/m0/s1. The van der Waals surface area contributed by atoms with Crippen molar-refractivity contribution < 1.29 is 14.9 Å². The first kappa shape index (κ1) is 19.9. The summed E-state index contributed by atoms with van der Waals surface area (Å²) in [5.74, 6) is 0.717. The van der Waals surface area contributed by atoms with Gasteiger partial charge in [0.15, 0.2) is 5.65 Å². The number of nitrogens with zero attached hydrogens (tertiary/aromatic N) is 7. The molecule has 0 aliphatic carbocycles. The average molecular weight is 410 g/mol. The van der Waals surface area contributed by atoms with E-state index in [4.69, 9.17) is 9.84 Å². The van der Waals surface area contributed by atoms with Crippen LogP contribution in [-0.4, -0.2) is 64.3 Å². The number of benzene rings is 1.